The van der Waals surface area contributed by atoms with E-state index in [9.17, 15) is 9.59 Å². The van der Waals surface area contributed by atoms with Gasteiger partial charge in [0.15, 0.2) is 5.41 Å². The Morgan fingerprint density at radius 2 is 1.72 bits per heavy atom. The van der Waals surface area contributed by atoms with Crippen molar-refractivity contribution in [1.29, 1.82) is 0 Å². The Kier molecular flexibility index (Phi) is 6.97. The molecule has 1 atom stereocenters. The van der Waals surface area contributed by atoms with Gasteiger partial charge in [-0.2, -0.15) is 0 Å². The zero-order chi connectivity index (χ0) is 14.2. The van der Waals surface area contributed by atoms with E-state index in [1.54, 1.807) is 19.1 Å². The number of esters is 2. The molecule has 18 heavy (non-hydrogen) atoms. The van der Waals surface area contributed by atoms with E-state index < -0.39 is 23.5 Å². The molecular weight excluding hydrogens is 236 g/mol. The number of allylic oxidation sites excluding steroid dienone is 2. The molecule has 0 aliphatic rings. The summed E-state index contributed by atoms with van der Waals surface area (Å²) in [7, 11) is 3.84. The van der Waals surface area contributed by atoms with E-state index in [-0.39, 0.29) is 6.42 Å². The van der Waals surface area contributed by atoms with E-state index in [0.717, 1.165) is 0 Å². The van der Waals surface area contributed by atoms with Gasteiger partial charge in [-0.25, -0.2) is 0 Å². The topological polar surface area (TPSA) is 61.8 Å². The van der Waals surface area contributed by atoms with Crippen molar-refractivity contribution < 1.29 is 23.8 Å². The first-order chi connectivity index (χ1) is 8.54. The monoisotopic (exact) mass is 256 g/mol. The Morgan fingerprint density at radius 1 is 1.22 bits per heavy atom. The minimum absolute atomic E-state index is 0.0647. The van der Waals surface area contributed by atoms with Crippen molar-refractivity contribution in [3.63, 3.8) is 0 Å². The molecule has 102 valence electrons. The third-order valence-electron chi connectivity index (χ3n) is 2.67. The molecule has 0 aromatic carbocycles. The summed E-state index contributed by atoms with van der Waals surface area (Å²) < 4.78 is 14.7. The average molecular weight is 256 g/mol. The maximum Gasteiger partial charge on any atom is 0.326 e. The van der Waals surface area contributed by atoms with Gasteiger partial charge >= 0.3 is 11.9 Å². The maximum atomic E-state index is 12.0. The number of ether oxygens (including phenoxy) is 3. The summed E-state index contributed by atoms with van der Waals surface area (Å²) in [5.74, 6) is -1.42. The fourth-order valence-corrected chi connectivity index (χ4v) is 1.81. The fraction of sp³-hybridized carbons (Fsp3) is 0.538. The molecule has 0 aromatic heterocycles. The molecule has 0 amide bonds. The largest absolute Gasteiger partial charge is 0.468 e. The van der Waals surface area contributed by atoms with Gasteiger partial charge in [-0.05, 0) is 13.3 Å². The highest BCUT2D eigenvalue weighted by Crippen LogP contribution is 2.33. The van der Waals surface area contributed by atoms with Gasteiger partial charge < -0.3 is 14.2 Å². The molecule has 0 bridgehead atoms. The van der Waals surface area contributed by atoms with Crippen molar-refractivity contribution >= 4 is 11.9 Å². The second-order valence-electron chi connectivity index (χ2n) is 3.63. The van der Waals surface area contributed by atoms with E-state index in [1.165, 1.54) is 27.4 Å². The molecule has 0 aromatic rings. The van der Waals surface area contributed by atoms with Crippen LogP contribution in [0.15, 0.2) is 24.8 Å². The molecule has 0 aliphatic heterocycles. The Balaban J connectivity index is 5.78. The summed E-state index contributed by atoms with van der Waals surface area (Å²) >= 11 is 0. The Hall–Kier alpha value is -1.62. The third-order valence-corrected chi connectivity index (χ3v) is 2.67. The standard InChI is InChI=1S/C13H20O5/c1-6-8-10(16-3)13(9-7-2,11(14)17-4)12(15)18-5/h6-8,10H,2,9H2,1,3-5H3/b8-6+. The molecule has 0 radical (unpaired) electrons. The minimum Gasteiger partial charge on any atom is -0.468 e. The number of methoxy groups -OCH3 is 3. The molecule has 5 nitrogen and oxygen atoms in total. The van der Waals surface area contributed by atoms with Gasteiger partial charge in [0.1, 0.15) is 6.10 Å². The normalized spacial score (nSPS) is 13.1. The Bertz CT molecular complexity index is 316. The Morgan fingerprint density at radius 3 is 2.00 bits per heavy atom. The number of rotatable bonds is 7. The van der Waals surface area contributed by atoms with Crippen molar-refractivity contribution in [3.05, 3.63) is 24.8 Å². The van der Waals surface area contributed by atoms with Crippen LogP contribution in [0.1, 0.15) is 13.3 Å². The molecule has 0 saturated carbocycles. The van der Waals surface area contributed by atoms with Crippen LogP contribution in [0.25, 0.3) is 0 Å². The highest BCUT2D eigenvalue weighted by molar-refractivity contribution is 6.01. The number of carbonyl (C=O) groups excluding carboxylic acids is 2. The molecule has 0 N–H and O–H groups in total. The lowest BCUT2D eigenvalue weighted by molar-refractivity contribution is -0.177. The van der Waals surface area contributed by atoms with Gasteiger partial charge in [-0.1, -0.05) is 18.2 Å². The lowest BCUT2D eigenvalue weighted by atomic mass is 9.78. The van der Waals surface area contributed by atoms with Gasteiger partial charge in [0.2, 0.25) is 0 Å². The van der Waals surface area contributed by atoms with Gasteiger partial charge in [0.25, 0.3) is 0 Å². The van der Waals surface area contributed by atoms with Crippen LogP contribution in [0.4, 0.5) is 0 Å². The zero-order valence-electron chi connectivity index (χ0n) is 11.3. The van der Waals surface area contributed by atoms with Gasteiger partial charge in [-0.15, -0.1) is 6.58 Å². The quantitative estimate of drug-likeness (QED) is 0.392. The van der Waals surface area contributed by atoms with E-state index in [4.69, 9.17) is 14.2 Å². The summed E-state index contributed by atoms with van der Waals surface area (Å²) in [4.78, 5) is 24.0. The predicted octanol–water partition coefficient (Wildman–Crippen LogP) is 1.49. The van der Waals surface area contributed by atoms with Crippen LogP contribution in [0.3, 0.4) is 0 Å². The Labute approximate surface area is 107 Å². The summed E-state index contributed by atoms with van der Waals surface area (Å²) in [6, 6.07) is 0. The molecule has 1 unspecified atom stereocenters. The maximum absolute atomic E-state index is 12.0. The molecule has 0 saturated heterocycles. The summed E-state index contributed by atoms with van der Waals surface area (Å²) in [5.41, 5.74) is -1.56. The van der Waals surface area contributed by atoms with Gasteiger partial charge in [0.05, 0.1) is 14.2 Å². The van der Waals surface area contributed by atoms with Crippen LogP contribution in [0.5, 0.6) is 0 Å². The molecule has 0 spiro atoms. The fourth-order valence-electron chi connectivity index (χ4n) is 1.81. The number of carbonyl (C=O) groups is 2. The van der Waals surface area contributed by atoms with E-state index in [1.807, 2.05) is 0 Å². The van der Waals surface area contributed by atoms with Crippen LogP contribution in [-0.2, 0) is 23.8 Å². The average Bonchev–Trinajstić information content (AvgIpc) is 2.40. The number of hydrogen-bond acceptors (Lipinski definition) is 5. The first kappa shape index (κ1) is 16.4. The number of hydrogen-bond donors (Lipinski definition) is 0. The van der Waals surface area contributed by atoms with Crippen LogP contribution < -0.4 is 0 Å². The van der Waals surface area contributed by atoms with Crippen LogP contribution in [0.2, 0.25) is 0 Å². The zero-order valence-corrected chi connectivity index (χ0v) is 11.3. The molecule has 0 fully saturated rings. The van der Waals surface area contributed by atoms with Crippen molar-refractivity contribution in [2.45, 2.75) is 19.4 Å². The second kappa shape index (κ2) is 7.66. The molecule has 0 heterocycles. The van der Waals surface area contributed by atoms with E-state index in [2.05, 4.69) is 6.58 Å². The summed E-state index contributed by atoms with van der Waals surface area (Å²) in [6.45, 7) is 5.32. The van der Waals surface area contributed by atoms with E-state index >= 15 is 0 Å². The predicted molar refractivity (Wildman–Crippen MR) is 66.9 cm³/mol. The van der Waals surface area contributed by atoms with Gasteiger partial charge in [0, 0.05) is 7.11 Å². The first-order valence-electron chi connectivity index (χ1n) is 5.48. The van der Waals surface area contributed by atoms with Crippen LogP contribution in [-0.4, -0.2) is 39.4 Å². The summed E-state index contributed by atoms with van der Waals surface area (Å²) in [6.07, 6.45) is 4.05. The second-order valence-corrected chi connectivity index (χ2v) is 3.63. The molecule has 5 heteroatoms. The van der Waals surface area contributed by atoms with Crippen molar-refractivity contribution in [2.24, 2.45) is 5.41 Å². The highest BCUT2D eigenvalue weighted by atomic mass is 16.6. The third kappa shape index (κ3) is 2.98. The van der Waals surface area contributed by atoms with Crippen LogP contribution in [0, 0.1) is 5.41 Å². The SMILES string of the molecule is C=CCC(C(=O)OC)(C(=O)OC)C(/C=C/C)OC. The molecular formula is C13H20O5. The minimum atomic E-state index is -1.56. The van der Waals surface area contributed by atoms with Gasteiger partial charge in [-0.3, -0.25) is 9.59 Å². The molecule has 0 aliphatic carbocycles. The van der Waals surface area contributed by atoms with Crippen LogP contribution >= 0.6 is 0 Å². The van der Waals surface area contributed by atoms with Crippen molar-refractivity contribution in [1.82, 2.24) is 0 Å². The first-order valence-corrected chi connectivity index (χ1v) is 5.48. The van der Waals surface area contributed by atoms with E-state index in [0.29, 0.717) is 0 Å². The summed E-state index contributed by atoms with van der Waals surface area (Å²) in [5, 5.41) is 0. The lowest BCUT2D eigenvalue weighted by Gasteiger charge is -2.32. The highest BCUT2D eigenvalue weighted by Gasteiger charge is 2.53. The smallest absolute Gasteiger partial charge is 0.326 e. The van der Waals surface area contributed by atoms with Crippen molar-refractivity contribution in [2.75, 3.05) is 21.3 Å². The lowest BCUT2D eigenvalue weighted by Crippen LogP contribution is -2.50. The van der Waals surface area contributed by atoms with Crippen molar-refractivity contribution in [3.8, 4) is 0 Å². The molecule has 0 rings (SSSR count).